The maximum absolute atomic E-state index is 3.39. The Morgan fingerprint density at radius 3 is 2.56 bits per heavy atom. The fourth-order valence-electron chi connectivity index (χ4n) is 2.93. The van der Waals surface area contributed by atoms with Gasteiger partial charge in [-0.05, 0) is 44.9 Å². The third kappa shape index (κ3) is 2.76. The van der Waals surface area contributed by atoms with Crippen molar-refractivity contribution >= 4 is 0 Å². The minimum absolute atomic E-state index is 0.526. The summed E-state index contributed by atoms with van der Waals surface area (Å²) in [5, 5.41) is 3.39. The van der Waals surface area contributed by atoms with Crippen molar-refractivity contribution in [1.82, 2.24) is 10.2 Å². The van der Waals surface area contributed by atoms with E-state index in [2.05, 4.69) is 56.1 Å². The van der Waals surface area contributed by atoms with Gasteiger partial charge in [-0.3, -0.25) is 4.90 Å². The van der Waals surface area contributed by atoms with Crippen LogP contribution in [0.5, 0.6) is 0 Å². The van der Waals surface area contributed by atoms with Crippen LogP contribution in [0.1, 0.15) is 43.0 Å². The fraction of sp³-hybridized carbons (Fsp3) is 0.625. The highest BCUT2D eigenvalue weighted by atomic mass is 15.2. The van der Waals surface area contributed by atoms with E-state index in [-0.39, 0.29) is 0 Å². The van der Waals surface area contributed by atoms with Crippen molar-refractivity contribution in [2.75, 3.05) is 19.6 Å². The van der Waals surface area contributed by atoms with Gasteiger partial charge < -0.3 is 5.32 Å². The first kappa shape index (κ1) is 13.6. The Morgan fingerprint density at radius 1 is 1.33 bits per heavy atom. The Labute approximate surface area is 111 Å². The van der Waals surface area contributed by atoms with E-state index in [4.69, 9.17) is 0 Å². The van der Waals surface area contributed by atoms with Crippen LogP contribution >= 0.6 is 0 Å². The molecule has 0 saturated carbocycles. The maximum atomic E-state index is 3.39. The Hall–Kier alpha value is -0.860. The highest BCUT2D eigenvalue weighted by Crippen LogP contribution is 2.27. The van der Waals surface area contributed by atoms with Gasteiger partial charge in [0.05, 0.1) is 0 Å². The molecule has 2 heteroatoms. The Kier molecular flexibility index (Phi) is 4.41. The second-order valence-electron chi connectivity index (χ2n) is 5.59. The summed E-state index contributed by atoms with van der Waals surface area (Å²) in [4.78, 5) is 2.66. The summed E-state index contributed by atoms with van der Waals surface area (Å²) < 4.78 is 0. The zero-order valence-electron chi connectivity index (χ0n) is 12.2. The predicted octanol–water partition coefficient (Wildman–Crippen LogP) is 3.05. The first-order chi connectivity index (χ1) is 8.63. The lowest BCUT2D eigenvalue weighted by molar-refractivity contribution is 0.102. The molecule has 0 aliphatic carbocycles. The molecule has 1 heterocycles. The number of rotatable bonds is 5. The molecule has 1 fully saturated rings. The van der Waals surface area contributed by atoms with Crippen LogP contribution in [-0.4, -0.2) is 30.6 Å². The topological polar surface area (TPSA) is 15.3 Å². The molecule has 2 rings (SSSR count). The standard InChI is InChI=1S/C16H26N2/c1-5-8-18(15-10-17-11-15)14(4)16-7-6-12(2)9-13(16)3/h6-7,9,14-15,17H,5,8,10-11H2,1-4H3. The highest BCUT2D eigenvalue weighted by Gasteiger charge is 2.28. The minimum atomic E-state index is 0.526. The van der Waals surface area contributed by atoms with E-state index in [9.17, 15) is 0 Å². The van der Waals surface area contributed by atoms with Crippen molar-refractivity contribution in [2.24, 2.45) is 0 Å². The Bertz CT molecular complexity index is 396. The molecule has 18 heavy (non-hydrogen) atoms. The van der Waals surface area contributed by atoms with Gasteiger partial charge in [0.15, 0.2) is 0 Å². The minimum Gasteiger partial charge on any atom is -0.314 e. The van der Waals surface area contributed by atoms with Crippen LogP contribution in [0.4, 0.5) is 0 Å². The van der Waals surface area contributed by atoms with Crippen molar-refractivity contribution in [3.63, 3.8) is 0 Å². The molecular formula is C16H26N2. The van der Waals surface area contributed by atoms with E-state index < -0.39 is 0 Å². The van der Waals surface area contributed by atoms with Crippen LogP contribution in [0.15, 0.2) is 18.2 Å². The lowest BCUT2D eigenvalue weighted by atomic mass is 9.96. The maximum Gasteiger partial charge on any atom is 0.0351 e. The number of hydrogen-bond acceptors (Lipinski definition) is 2. The summed E-state index contributed by atoms with van der Waals surface area (Å²) in [6.45, 7) is 12.5. The highest BCUT2D eigenvalue weighted by molar-refractivity contribution is 5.32. The number of benzene rings is 1. The second kappa shape index (κ2) is 5.85. The molecule has 0 spiro atoms. The normalized spacial score (nSPS) is 17.8. The molecule has 0 radical (unpaired) electrons. The van der Waals surface area contributed by atoms with Crippen LogP contribution in [0, 0.1) is 13.8 Å². The summed E-state index contributed by atoms with van der Waals surface area (Å²) in [5.41, 5.74) is 4.27. The molecule has 1 aliphatic rings. The first-order valence-electron chi connectivity index (χ1n) is 7.17. The first-order valence-corrected chi connectivity index (χ1v) is 7.17. The number of nitrogens with zero attached hydrogens (tertiary/aromatic N) is 1. The van der Waals surface area contributed by atoms with Crippen molar-refractivity contribution < 1.29 is 0 Å². The number of nitrogens with one attached hydrogen (secondary N) is 1. The average Bonchev–Trinajstić information content (AvgIpc) is 2.25. The molecule has 1 aliphatic heterocycles. The van der Waals surface area contributed by atoms with Crippen molar-refractivity contribution in [1.29, 1.82) is 0 Å². The molecule has 1 unspecified atom stereocenters. The molecule has 1 N–H and O–H groups in total. The third-order valence-electron chi connectivity index (χ3n) is 4.08. The van der Waals surface area contributed by atoms with Crippen LogP contribution in [-0.2, 0) is 0 Å². The molecule has 1 aromatic rings. The van der Waals surface area contributed by atoms with Crippen molar-refractivity contribution in [2.45, 2.75) is 46.2 Å². The second-order valence-corrected chi connectivity index (χ2v) is 5.59. The van der Waals surface area contributed by atoms with E-state index in [1.807, 2.05) is 0 Å². The van der Waals surface area contributed by atoms with Gasteiger partial charge in [0.25, 0.3) is 0 Å². The molecule has 2 nitrogen and oxygen atoms in total. The third-order valence-corrected chi connectivity index (χ3v) is 4.08. The van der Waals surface area contributed by atoms with Gasteiger partial charge >= 0.3 is 0 Å². The quantitative estimate of drug-likeness (QED) is 0.859. The van der Waals surface area contributed by atoms with E-state index in [0.717, 1.165) is 19.1 Å². The zero-order valence-corrected chi connectivity index (χ0v) is 12.2. The molecule has 1 saturated heterocycles. The molecule has 0 aromatic heterocycles. The molecule has 1 atom stereocenters. The van der Waals surface area contributed by atoms with E-state index >= 15 is 0 Å². The largest absolute Gasteiger partial charge is 0.314 e. The van der Waals surface area contributed by atoms with Gasteiger partial charge in [0.1, 0.15) is 0 Å². The van der Waals surface area contributed by atoms with Crippen molar-refractivity contribution in [3.8, 4) is 0 Å². The van der Waals surface area contributed by atoms with Gasteiger partial charge in [-0.15, -0.1) is 0 Å². The van der Waals surface area contributed by atoms with E-state index in [0.29, 0.717) is 6.04 Å². The smallest absolute Gasteiger partial charge is 0.0351 e. The lowest BCUT2D eigenvalue weighted by Gasteiger charge is -2.42. The van der Waals surface area contributed by atoms with Crippen LogP contribution in [0.3, 0.4) is 0 Å². The van der Waals surface area contributed by atoms with Crippen LogP contribution in [0.2, 0.25) is 0 Å². The average molecular weight is 246 g/mol. The molecular weight excluding hydrogens is 220 g/mol. The molecule has 1 aromatic carbocycles. The Morgan fingerprint density at radius 2 is 2.06 bits per heavy atom. The van der Waals surface area contributed by atoms with Gasteiger partial charge in [-0.25, -0.2) is 0 Å². The van der Waals surface area contributed by atoms with E-state index in [1.165, 1.54) is 29.7 Å². The van der Waals surface area contributed by atoms with Gasteiger partial charge in [0, 0.05) is 25.2 Å². The number of hydrogen-bond donors (Lipinski definition) is 1. The fourth-order valence-corrected chi connectivity index (χ4v) is 2.93. The van der Waals surface area contributed by atoms with Crippen LogP contribution in [0.25, 0.3) is 0 Å². The van der Waals surface area contributed by atoms with E-state index in [1.54, 1.807) is 0 Å². The van der Waals surface area contributed by atoms with Gasteiger partial charge in [-0.2, -0.15) is 0 Å². The monoisotopic (exact) mass is 246 g/mol. The van der Waals surface area contributed by atoms with Gasteiger partial charge in [0.2, 0.25) is 0 Å². The zero-order chi connectivity index (χ0) is 13.1. The van der Waals surface area contributed by atoms with Crippen molar-refractivity contribution in [3.05, 3.63) is 34.9 Å². The molecule has 100 valence electrons. The Balaban J connectivity index is 2.18. The number of aryl methyl sites for hydroxylation is 2. The summed E-state index contributed by atoms with van der Waals surface area (Å²) >= 11 is 0. The van der Waals surface area contributed by atoms with Crippen LogP contribution < -0.4 is 5.32 Å². The summed E-state index contributed by atoms with van der Waals surface area (Å²) in [6.07, 6.45) is 1.23. The SMILES string of the molecule is CCCN(C1CNC1)C(C)c1ccc(C)cc1C. The summed E-state index contributed by atoms with van der Waals surface area (Å²) in [5.74, 6) is 0. The lowest BCUT2D eigenvalue weighted by Crippen LogP contribution is -2.57. The summed E-state index contributed by atoms with van der Waals surface area (Å²) in [6, 6.07) is 8.10. The molecule has 0 amide bonds. The van der Waals surface area contributed by atoms with Gasteiger partial charge in [-0.1, -0.05) is 30.7 Å². The summed E-state index contributed by atoms with van der Waals surface area (Å²) in [7, 11) is 0. The predicted molar refractivity (Wildman–Crippen MR) is 78.0 cm³/mol. The molecule has 0 bridgehead atoms.